The van der Waals surface area contributed by atoms with Crippen molar-refractivity contribution in [3.05, 3.63) is 47.0 Å². The summed E-state index contributed by atoms with van der Waals surface area (Å²) >= 11 is 1.35. The van der Waals surface area contributed by atoms with Crippen molar-refractivity contribution in [3.8, 4) is 0 Å². The molecule has 0 unspecified atom stereocenters. The van der Waals surface area contributed by atoms with E-state index in [1.807, 2.05) is 31.2 Å². The molecule has 0 radical (unpaired) electrons. The van der Waals surface area contributed by atoms with E-state index in [2.05, 4.69) is 17.2 Å². The Morgan fingerprint density at radius 1 is 1.16 bits per heavy atom. The van der Waals surface area contributed by atoms with E-state index in [1.165, 1.54) is 41.1 Å². The van der Waals surface area contributed by atoms with Crippen LogP contribution in [0.5, 0.6) is 0 Å². The van der Waals surface area contributed by atoms with Crippen LogP contribution in [0.3, 0.4) is 0 Å². The van der Waals surface area contributed by atoms with E-state index in [1.54, 1.807) is 11.6 Å². The lowest BCUT2D eigenvalue weighted by Crippen LogP contribution is -2.37. The van der Waals surface area contributed by atoms with Crippen molar-refractivity contribution < 1.29 is 9.59 Å². The Labute approximate surface area is 153 Å². The van der Waals surface area contributed by atoms with Crippen LogP contribution in [0.15, 0.2) is 35.8 Å². The number of likely N-dealkylation sites (N-methyl/N-ethyl adjacent to an activating group) is 1. The van der Waals surface area contributed by atoms with Gasteiger partial charge in [0.2, 0.25) is 5.91 Å². The number of hydrogen-bond acceptors (Lipinski definition) is 4. The highest BCUT2D eigenvalue weighted by molar-refractivity contribution is 7.13. The van der Waals surface area contributed by atoms with Crippen molar-refractivity contribution >= 4 is 28.3 Å². The minimum absolute atomic E-state index is 0.0210. The third kappa shape index (κ3) is 5.98. The average Bonchev–Trinajstić information content (AvgIpc) is 3.13. The predicted octanol–water partition coefficient (Wildman–Crippen LogP) is 3.98. The predicted molar refractivity (Wildman–Crippen MR) is 102 cm³/mol. The van der Waals surface area contributed by atoms with E-state index in [-0.39, 0.29) is 18.4 Å². The molecule has 1 N–H and O–H groups in total. The van der Waals surface area contributed by atoms with Gasteiger partial charge in [-0.3, -0.25) is 9.59 Å². The second kappa shape index (κ2) is 9.93. The van der Waals surface area contributed by atoms with Gasteiger partial charge in [0.05, 0.1) is 0 Å². The van der Waals surface area contributed by atoms with E-state index >= 15 is 0 Å². The van der Waals surface area contributed by atoms with Gasteiger partial charge in [-0.25, -0.2) is 4.98 Å². The molecule has 25 heavy (non-hydrogen) atoms. The second-order valence-corrected chi connectivity index (χ2v) is 6.75. The highest BCUT2D eigenvalue weighted by Gasteiger charge is 2.17. The summed E-state index contributed by atoms with van der Waals surface area (Å²) in [6, 6.07) is 7.72. The summed E-state index contributed by atoms with van der Waals surface area (Å²) < 4.78 is 0. The maximum absolute atomic E-state index is 12.6. The van der Waals surface area contributed by atoms with Crippen LogP contribution in [0.2, 0.25) is 0 Å². The van der Waals surface area contributed by atoms with Crippen LogP contribution in [0.4, 0.5) is 5.13 Å². The molecule has 1 aromatic heterocycles. The number of carbonyl (C=O) groups is 2. The van der Waals surface area contributed by atoms with Gasteiger partial charge in [-0.1, -0.05) is 31.9 Å². The fraction of sp³-hybridized carbons (Fsp3) is 0.421. The number of rotatable bonds is 9. The molecule has 2 rings (SSSR count). The van der Waals surface area contributed by atoms with Gasteiger partial charge in [0.25, 0.3) is 5.91 Å². The molecule has 0 bridgehead atoms. The molecule has 0 aliphatic rings. The maximum Gasteiger partial charge on any atom is 0.254 e. The Morgan fingerprint density at radius 3 is 2.52 bits per heavy atom. The third-order valence-electron chi connectivity index (χ3n) is 3.95. The van der Waals surface area contributed by atoms with Crippen molar-refractivity contribution in [1.29, 1.82) is 0 Å². The van der Waals surface area contributed by atoms with Gasteiger partial charge < -0.3 is 10.2 Å². The molecule has 0 fully saturated rings. The first-order valence-electron chi connectivity index (χ1n) is 8.71. The van der Waals surface area contributed by atoms with Crippen molar-refractivity contribution in [2.75, 3.05) is 18.4 Å². The summed E-state index contributed by atoms with van der Waals surface area (Å²) in [7, 11) is 0. The van der Waals surface area contributed by atoms with Gasteiger partial charge in [-0.15, -0.1) is 11.3 Å². The standard InChI is InChI=1S/C19H25N3O2S/c1-3-5-6-7-15-8-10-16(11-9-15)18(24)22(4-2)14-17(23)21-19-20-12-13-25-19/h8-13H,3-7,14H2,1-2H3,(H,20,21,23). The van der Waals surface area contributed by atoms with Crippen molar-refractivity contribution in [2.24, 2.45) is 0 Å². The number of aromatic nitrogens is 1. The smallest absolute Gasteiger partial charge is 0.254 e. The Hall–Kier alpha value is -2.21. The van der Waals surface area contributed by atoms with Gasteiger partial charge in [0, 0.05) is 23.7 Å². The molecular weight excluding hydrogens is 334 g/mol. The molecule has 2 amide bonds. The average molecular weight is 359 g/mol. The molecule has 0 aliphatic heterocycles. The number of amides is 2. The Bertz CT molecular complexity index is 668. The van der Waals surface area contributed by atoms with Crippen LogP contribution < -0.4 is 5.32 Å². The number of hydrogen-bond donors (Lipinski definition) is 1. The van der Waals surface area contributed by atoms with Gasteiger partial charge in [-0.05, 0) is 37.5 Å². The van der Waals surface area contributed by atoms with E-state index in [9.17, 15) is 9.59 Å². The number of benzene rings is 1. The fourth-order valence-electron chi connectivity index (χ4n) is 2.52. The summed E-state index contributed by atoms with van der Waals surface area (Å²) in [5.41, 5.74) is 1.86. The maximum atomic E-state index is 12.6. The minimum Gasteiger partial charge on any atom is -0.330 e. The Balaban J connectivity index is 1.92. The normalized spacial score (nSPS) is 10.5. The van der Waals surface area contributed by atoms with E-state index < -0.39 is 0 Å². The molecule has 0 spiro atoms. The molecular formula is C19H25N3O2S. The summed E-state index contributed by atoms with van der Waals surface area (Å²) in [4.78, 5) is 30.2. The van der Waals surface area contributed by atoms with E-state index in [0.717, 1.165) is 6.42 Å². The second-order valence-electron chi connectivity index (χ2n) is 5.86. The Morgan fingerprint density at radius 2 is 1.92 bits per heavy atom. The zero-order valence-electron chi connectivity index (χ0n) is 14.8. The monoisotopic (exact) mass is 359 g/mol. The first-order chi connectivity index (χ1) is 12.1. The minimum atomic E-state index is -0.235. The number of nitrogens with zero attached hydrogens (tertiary/aromatic N) is 2. The lowest BCUT2D eigenvalue weighted by molar-refractivity contribution is -0.116. The lowest BCUT2D eigenvalue weighted by Gasteiger charge is -2.20. The number of anilines is 1. The molecule has 1 aromatic carbocycles. The quantitative estimate of drug-likeness (QED) is 0.689. The molecule has 134 valence electrons. The van der Waals surface area contributed by atoms with Crippen molar-refractivity contribution in [1.82, 2.24) is 9.88 Å². The first-order valence-corrected chi connectivity index (χ1v) is 9.59. The molecule has 0 saturated carbocycles. The number of nitrogens with one attached hydrogen (secondary N) is 1. The van der Waals surface area contributed by atoms with Gasteiger partial charge >= 0.3 is 0 Å². The number of carbonyl (C=O) groups excluding carboxylic acids is 2. The van der Waals surface area contributed by atoms with Crippen LogP contribution in [0.25, 0.3) is 0 Å². The van der Waals surface area contributed by atoms with E-state index in [4.69, 9.17) is 0 Å². The fourth-order valence-corrected chi connectivity index (χ4v) is 3.07. The molecule has 0 aliphatic carbocycles. The van der Waals surface area contributed by atoms with Gasteiger partial charge in [-0.2, -0.15) is 0 Å². The summed E-state index contributed by atoms with van der Waals surface area (Å²) in [6.07, 6.45) is 6.26. The lowest BCUT2D eigenvalue weighted by atomic mass is 10.0. The van der Waals surface area contributed by atoms with Crippen molar-refractivity contribution in [3.63, 3.8) is 0 Å². The summed E-state index contributed by atoms with van der Waals surface area (Å²) in [6.45, 7) is 4.55. The number of thiazole rings is 1. The Kier molecular flexibility index (Phi) is 7.60. The molecule has 2 aromatic rings. The zero-order valence-corrected chi connectivity index (χ0v) is 15.6. The highest BCUT2D eigenvalue weighted by atomic mass is 32.1. The number of aryl methyl sites for hydroxylation is 1. The molecule has 1 heterocycles. The zero-order chi connectivity index (χ0) is 18.1. The van der Waals surface area contributed by atoms with Crippen LogP contribution in [-0.4, -0.2) is 34.8 Å². The van der Waals surface area contributed by atoms with E-state index in [0.29, 0.717) is 17.2 Å². The SMILES string of the molecule is CCCCCc1ccc(C(=O)N(CC)CC(=O)Nc2nccs2)cc1. The topological polar surface area (TPSA) is 62.3 Å². The summed E-state index contributed by atoms with van der Waals surface area (Å²) in [5.74, 6) is -0.363. The largest absolute Gasteiger partial charge is 0.330 e. The van der Waals surface area contributed by atoms with Crippen LogP contribution in [0, 0.1) is 0 Å². The van der Waals surface area contributed by atoms with Crippen LogP contribution >= 0.6 is 11.3 Å². The van der Waals surface area contributed by atoms with Gasteiger partial charge in [0.1, 0.15) is 6.54 Å². The number of unbranched alkanes of at least 4 members (excludes halogenated alkanes) is 2. The summed E-state index contributed by atoms with van der Waals surface area (Å²) in [5, 5.41) is 5.04. The molecule has 0 saturated heterocycles. The highest BCUT2D eigenvalue weighted by Crippen LogP contribution is 2.12. The van der Waals surface area contributed by atoms with Crippen molar-refractivity contribution in [2.45, 2.75) is 39.5 Å². The van der Waals surface area contributed by atoms with Gasteiger partial charge in [0.15, 0.2) is 5.13 Å². The van der Waals surface area contributed by atoms with Crippen LogP contribution in [-0.2, 0) is 11.2 Å². The third-order valence-corrected chi connectivity index (χ3v) is 4.64. The van der Waals surface area contributed by atoms with Crippen LogP contribution in [0.1, 0.15) is 49.0 Å². The first kappa shape index (κ1) is 19.1. The molecule has 5 nitrogen and oxygen atoms in total. The molecule has 0 atom stereocenters. The molecule has 6 heteroatoms.